The van der Waals surface area contributed by atoms with Gasteiger partial charge in [0.25, 0.3) is 5.91 Å². The summed E-state index contributed by atoms with van der Waals surface area (Å²) in [6, 6.07) is 7.99. The molecule has 118 valence electrons. The lowest BCUT2D eigenvalue weighted by Crippen LogP contribution is -2.40. The van der Waals surface area contributed by atoms with Crippen LogP contribution in [-0.4, -0.2) is 38.4 Å². The first kappa shape index (κ1) is 14.3. The van der Waals surface area contributed by atoms with Crippen LogP contribution in [0.5, 0.6) is 0 Å². The number of benzene rings is 1. The monoisotopic (exact) mass is 328 g/mol. The van der Waals surface area contributed by atoms with Crippen LogP contribution in [0, 0.1) is 0 Å². The van der Waals surface area contributed by atoms with Crippen molar-refractivity contribution in [1.82, 2.24) is 19.4 Å². The van der Waals surface area contributed by atoms with Gasteiger partial charge in [-0.05, 0) is 18.9 Å². The van der Waals surface area contributed by atoms with Gasteiger partial charge in [-0.2, -0.15) is 0 Å². The molecule has 1 aliphatic heterocycles. The van der Waals surface area contributed by atoms with Crippen molar-refractivity contribution in [1.29, 1.82) is 0 Å². The predicted octanol–water partition coefficient (Wildman–Crippen LogP) is 3.50. The minimum absolute atomic E-state index is 0.0315. The van der Waals surface area contributed by atoms with E-state index in [1.807, 2.05) is 41.7 Å². The van der Waals surface area contributed by atoms with E-state index in [9.17, 15) is 4.79 Å². The Labute approximate surface area is 138 Å². The van der Waals surface area contributed by atoms with Crippen LogP contribution in [0.2, 0.25) is 5.02 Å². The van der Waals surface area contributed by atoms with Crippen LogP contribution in [0.15, 0.2) is 43.0 Å². The van der Waals surface area contributed by atoms with Gasteiger partial charge in [0.15, 0.2) is 0 Å². The van der Waals surface area contributed by atoms with Gasteiger partial charge < -0.3 is 14.5 Å². The molecule has 0 radical (unpaired) electrons. The van der Waals surface area contributed by atoms with E-state index in [0.717, 1.165) is 30.3 Å². The maximum absolute atomic E-state index is 12.9. The van der Waals surface area contributed by atoms with E-state index in [2.05, 4.69) is 14.5 Å². The van der Waals surface area contributed by atoms with E-state index >= 15 is 0 Å². The van der Waals surface area contributed by atoms with Crippen molar-refractivity contribution >= 4 is 28.4 Å². The number of carbonyl (C=O) groups is 1. The smallest absolute Gasteiger partial charge is 0.271 e. The van der Waals surface area contributed by atoms with Crippen molar-refractivity contribution in [2.24, 2.45) is 0 Å². The molecule has 1 amide bonds. The molecule has 6 heteroatoms. The van der Waals surface area contributed by atoms with Crippen molar-refractivity contribution in [2.45, 2.75) is 18.9 Å². The molecule has 0 bridgehead atoms. The van der Waals surface area contributed by atoms with E-state index in [4.69, 9.17) is 11.6 Å². The molecule has 2 aromatic heterocycles. The number of likely N-dealkylation sites (tertiary alicyclic amines) is 1. The summed E-state index contributed by atoms with van der Waals surface area (Å²) in [7, 11) is 0. The van der Waals surface area contributed by atoms with E-state index < -0.39 is 0 Å². The van der Waals surface area contributed by atoms with Crippen LogP contribution >= 0.6 is 11.6 Å². The molecule has 1 aromatic carbocycles. The molecule has 3 heterocycles. The topological polar surface area (TPSA) is 53.9 Å². The molecule has 3 aromatic rings. The second-order valence-corrected chi connectivity index (χ2v) is 6.29. The number of fused-ring (bicyclic) bond motifs is 1. The SMILES string of the molecule is O=C(c1[nH]c2ccccc2c1Cl)N1CCC[C@@H](n2ccnc2)C1. The number of aromatic nitrogens is 3. The second kappa shape index (κ2) is 5.74. The number of para-hydroxylation sites is 1. The van der Waals surface area contributed by atoms with Crippen molar-refractivity contribution in [3.63, 3.8) is 0 Å². The van der Waals surface area contributed by atoms with Crippen LogP contribution in [0.1, 0.15) is 29.4 Å². The number of imidazole rings is 1. The number of piperidine rings is 1. The summed E-state index contributed by atoms with van der Waals surface area (Å²) in [5, 5.41) is 1.40. The first-order chi connectivity index (χ1) is 11.2. The zero-order valence-electron chi connectivity index (χ0n) is 12.6. The number of nitrogens with zero attached hydrogens (tertiary/aromatic N) is 3. The van der Waals surface area contributed by atoms with Gasteiger partial charge in [0.1, 0.15) is 5.69 Å². The molecule has 0 unspecified atom stereocenters. The fourth-order valence-electron chi connectivity index (χ4n) is 3.28. The number of amides is 1. The summed E-state index contributed by atoms with van der Waals surface area (Å²) in [4.78, 5) is 22.0. The largest absolute Gasteiger partial charge is 0.349 e. The lowest BCUT2D eigenvalue weighted by molar-refractivity contribution is 0.0674. The van der Waals surface area contributed by atoms with E-state index in [-0.39, 0.29) is 11.9 Å². The molecule has 0 aliphatic carbocycles. The molecule has 1 aliphatic rings. The quantitative estimate of drug-likeness (QED) is 0.782. The summed E-state index contributed by atoms with van der Waals surface area (Å²) < 4.78 is 2.08. The fourth-order valence-corrected chi connectivity index (χ4v) is 3.57. The molecule has 1 atom stereocenters. The number of nitrogens with one attached hydrogen (secondary N) is 1. The molecule has 4 rings (SSSR count). The number of hydrogen-bond acceptors (Lipinski definition) is 2. The third-order valence-electron chi connectivity index (χ3n) is 4.49. The van der Waals surface area contributed by atoms with Gasteiger partial charge in [-0.1, -0.05) is 29.8 Å². The summed E-state index contributed by atoms with van der Waals surface area (Å²) >= 11 is 6.41. The molecule has 5 nitrogen and oxygen atoms in total. The molecule has 1 fully saturated rings. The van der Waals surface area contributed by atoms with Crippen molar-refractivity contribution < 1.29 is 4.79 Å². The maximum Gasteiger partial charge on any atom is 0.271 e. The van der Waals surface area contributed by atoms with Gasteiger partial charge in [0, 0.05) is 36.4 Å². The van der Waals surface area contributed by atoms with Crippen LogP contribution in [-0.2, 0) is 0 Å². The average molecular weight is 329 g/mol. The third kappa shape index (κ3) is 2.51. The Kier molecular flexibility index (Phi) is 3.58. The van der Waals surface area contributed by atoms with Gasteiger partial charge in [0.2, 0.25) is 0 Å². The minimum atomic E-state index is -0.0315. The predicted molar refractivity (Wildman–Crippen MR) is 89.7 cm³/mol. The highest BCUT2D eigenvalue weighted by Crippen LogP contribution is 2.30. The number of hydrogen-bond donors (Lipinski definition) is 1. The highest BCUT2D eigenvalue weighted by molar-refractivity contribution is 6.38. The second-order valence-electron chi connectivity index (χ2n) is 5.92. The third-order valence-corrected chi connectivity index (χ3v) is 4.88. The van der Waals surface area contributed by atoms with Crippen molar-refractivity contribution in [3.8, 4) is 0 Å². The fraction of sp³-hybridized carbons (Fsp3) is 0.294. The Hall–Kier alpha value is -2.27. The van der Waals surface area contributed by atoms with Crippen molar-refractivity contribution in [2.75, 3.05) is 13.1 Å². The highest BCUT2D eigenvalue weighted by Gasteiger charge is 2.27. The molecule has 1 saturated heterocycles. The minimum Gasteiger partial charge on any atom is -0.349 e. The number of halogens is 1. The summed E-state index contributed by atoms with van der Waals surface area (Å²) in [5.41, 5.74) is 1.38. The van der Waals surface area contributed by atoms with Gasteiger partial charge in [0.05, 0.1) is 17.4 Å². The molecule has 0 spiro atoms. The summed E-state index contributed by atoms with van der Waals surface area (Å²) in [6.45, 7) is 1.44. The van der Waals surface area contributed by atoms with Gasteiger partial charge >= 0.3 is 0 Å². The summed E-state index contributed by atoms with van der Waals surface area (Å²) in [5.74, 6) is -0.0315. The number of H-pyrrole nitrogens is 1. The average Bonchev–Trinajstić information content (AvgIpc) is 3.23. The molecule has 1 N–H and O–H groups in total. The standard InChI is InChI=1S/C17H17ClN4O/c18-15-13-5-1-2-6-14(13)20-16(15)17(23)21-8-3-4-12(10-21)22-9-7-19-11-22/h1-2,5-7,9,11-12,20H,3-4,8,10H2/t12-/m1/s1. The van der Waals surface area contributed by atoms with Crippen LogP contribution < -0.4 is 0 Å². The van der Waals surface area contributed by atoms with Gasteiger partial charge in [-0.3, -0.25) is 4.79 Å². The number of carbonyl (C=O) groups excluding carboxylic acids is 1. The van der Waals surface area contributed by atoms with E-state index in [0.29, 0.717) is 17.3 Å². The van der Waals surface area contributed by atoms with Crippen LogP contribution in [0.3, 0.4) is 0 Å². The first-order valence-electron chi connectivity index (χ1n) is 7.77. The van der Waals surface area contributed by atoms with Crippen LogP contribution in [0.25, 0.3) is 10.9 Å². The first-order valence-corrected chi connectivity index (χ1v) is 8.15. The Morgan fingerprint density at radius 2 is 2.22 bits per heavy atom. The number of rotatable bonds is 2. The summed E-state index contributed by atoms with van der Waals surface area (Å²) in [6.07, 6.45) is 7.57. The number of aromatic amines is 1. The van der Waals surface area contributed by atoms with Gasteiger partial charge in [-0.25, -0.2) is 4.98 Å². The molecule has 23 heavy (non-hydrogen) atoms. The Morgan fingerprint density at radius 1 is 1.35 bits per heavy atom. The Balaban J connectivity index is 1.61. The molecular formula is C17H17ClN4O. The lowest BCUT2D eigenvalue weighted by atomic mass is 10.1. The van der Waals surface area contributed by atoms with E-state index in [1.54, 1.807) is 6.20 Å². The van der Waals surface area contributed by atoms with Crippen molar-refractivity contribution in [3.05, 3.63) is 53.7 Å². The normalized spacial score (nSPS) is 18.5. The maximum atomic E-state index is 12.9. The van der Waals surface area contributed by atoms with Gasteiger partial charge in [-0.15, -0.1) is 0 Å². The van der Waals surface area contributed by atoms with E-state index in [1.165, 1.54) is 0 Å². The zero-order valence-corrected chi connectivity index (χ0v) is 13.3. The zero-order chi connectivity index (χ0) is 15.8. The molecule has 0 saturated carbocycles. The molecular weight excluding hydrogens is 312 g/mol. The highest BCUT2D eigenvalue weighted by atomic mass is 35.5. The Bertz CT molecular complexity index is 840. The lowest BCUT2D eigenvalue weighted by Gasteiger charge is -2.33. The Morgan fingerprint density at radius 3 is 3.00 bits per heavy atom. The van der Waals surface area contributed by atoms with Crippen LogP contribution in [0.4, 0.5) is 0 Å².